The minimum absolute atomic E-state index is 0.185. The summed E-state index contributed by atoms with van der Waals surface area (Å²) in [6.45, 7) is 2.71. The van der Waals surface area contributed by atoms with Crippen molar-refractivity contribution in [2.45, 2.75) is 44.8 Å². The molecule has 1 aromatic heterocycles. The molecule has 3 atom stereocenters. The molecule has 2 N–H and O–H groups in total. The smallest absolute Gasteiger partial charge is 0.225 e. The lowest BCUT2D eigenvalue weighted by atomic mass is 9.88. The maximum Gasteiger partial charge on any atom is 0.225 e. The van der Waals surface area contributed by atoms with Crippen LogP contribution in [0.2, 0.25) is 0 Å². The molecular weight excluding hydrogens is 226 g/mol. The fraction of sp³-hybridized carbons (Fsp3) is 0.643. The fourth-order valence-electron chi connectivity index (χ4n) is 3.27. The van der Waals surface area contributed by atoms with E-state index in [1.165, 1.54) is 12.1 Å². The van der Waals surface area contributed by atoms with Crippen LogP contribution in [0.3, 0.4) is 0 Å². The van der Waals surface area contributed by atoms with Crippen molar-refractivity contribution in [2.24, 2.45) is 13.0 Å². The van der Waals surface area contributed by atoms with Crippen molar-refractivity contribution in [3.8, 4) is 0 Å². The maximum absolute atomic E-state index is 12.2. The Kier molecular flexibility index (Phi) is 2.90. The molecule has 0 saturated carbocycles. The van der Waals surface area contributed by atoms with Gasteiger partial charge in [0.25, 0.3) is 0 Å². The monoisotopic (exact) mass is 247 g/mol. The van der Waals surface area contributed by atoms with Gasteiger partial charge < -0.3 is 15.2 Å². The second-order valence-corrected chi connectivity index (χ2v) is 5.63. The highest BCUT2D eigenvalue weighted by Gasteiger charge is 2.42. The van der Waals surface area contributed by atoms with Crippen molar-refractivity contribution >= 4 is 5.91 Å². The summed E-state index contributed by atoms with van der Waals surface area (Å²) in [5, 5.41) is 6.59. The Morgan fingerprint density at radius 3 is 2.89 bits per heavy atom. The predicted octanol–water partition coefficient (Wildman–Crippen LogP) is 1.09. The lowest BCUT2D eigenvalue weighted by Crippen LogP contribution is -2.37. The topological polar surface area (TPSA) is 46.1 Å². The van der Waals surface area contributed by atoms with E-state index in [2.05, 4.69) is 34.3 Å². The van der Waals surface area contributed by atoms with Crippen LogP contribution in [0.25, 0.3) is 0 Å². The van der Waals surface area contributed by atoms with Crippen LogP contribution in [-0.2, 0) is 18.4 Å². The highest BCUT2D eigenvalue weighted by atomic mass is 16.1. The van der Waals surface area contributed by atoms with Gasteiger partial charge in [-0.15, -0.1) is 0 Å². The Balaban J connectivity index is 1.57. The van der Waals surface area contributed by atoms with Crippen LogP contribution in [0.15, 0.2) is 12.1 Å². The van der Waals surface area contributed by atoms with E-state index in [9.17, 15) is 4.79 Å². The quantitative estimate of drug-likeness (QED) is 0.840. The normalized spacial score (nSPS) is 29.8. The third kappa shape index (κ3) is 1.94. The molecule has 2 fully saturated rings. The van der Waals surface area contributed by atoms with Gasteiger partial charge in [0.05, 0.1) is 12.5 Å². The molecule has 1 aromatic rings. The van der Waals surface area contributed by atoms with E-state index in [1.54, 1.807) is 0 Å². The average Bonchev–Trinajstić information content (AvgIpc) is 3.05. The molecule has 2 saturated heterocycles. The molecule has 0 aliphatic carbocycles. The number of carbonyl (C=O) groups excluding carboxylic acids is 1. The summed E-state index contributed by atoms with van der Waals surface area (Å²) in [7, 11) is 2.04. The van der Waals surface area contributed by atoms with Gasteiger partial charge in [0.15, 0.2) is 0 Å². The summed E-state index contributed by atoms with van der Waals surface area (Å²) in [6, 6.07) is 5.17. The van der Waals surface area contributed by atoms with Crippen molar-refractivity contribution in [2.75, 3.05) is 0 Å². The van der Waals surface area contributed by atoms with Gasteiger partial charge in [-0.05, 0) is 38.3 Å². The molecule has 18 heavy (non-hydrogen) atoms. The Labute approximate surface area is 108 Å². The Morgan fingerprint density at radius 2 is 2.33 bits per heavy atom. The van der Waals surface area contributed by atoms with Crippen LogP contribution in [-0.4, -0.2) is 22.6 Å². The van der Waals surface area contributed by atoms with Crippen molar-refractivity contribution < 1.29 is 4.79 Å². The van der Waals surface area contributed by atoms with Gasteiger partial charge in [-0.3, -0.25) is 4.79 Å². The molecule has 3 unspecified atom stereocenters. The molecular formula is C14H21N3O. The molecule has 98 valence electrons. The summed E-state index contributed by atoms with van der Waals surface area (Å²) in [6.07, 6.45) is 3.42. The van der Waals surface area contributed by atoms with E-state index < -0.39 is 0 Å². The zero-order chi connectivity index (χ0) is 12.7. The van der Waals surface area contributed by atoms with Crippen molar-refractivity contribution in [3.63, 3.8) is 0 Å². The Bertz CT molecular complexity index is 466. The minimum atomic E-state index is 0.185. The first kappa shape index (κ1) is 11.8. The first-order valence-electron chi connectivity index (χ1n) is 6.80. The van der Waals surface area contributed by atoms with Crippen molar-refractivity contribution in [1.82, 2.24) is 15.2 Å². The number of carbonyl (C=O) groups is 1. The van der Waals surface area contributed by atoms with Gasteiger partial charge in [-0.1, -0.05) is 0 Å². The van der Waals surface area contributed by atoms with Crippen LogP contribution < -0.4 is 10.6 Å². The summed E-state index contributed by atoms with van der Waals surface area (Å²) in [5.41, 5.74) is 2.39. The summed E-state index contributed by atoms with van der Waals surface area (Å²) >= 11 is 0. The number of hydrogen-bond donors (Lipinski definition) is 2. The molecule has 2 aliphatic heterocycles. The van der Waals surface area contributed by atoms with E-state index in [0.717, 1.165) is 18.5 Å². The van der Waals surface area contributed by atoms with Gasteiger partial charge >= 0.3 is 0 Å². The second-order valence-electron chi connectivity index (χ2n) is 5.63. The van der Waals surface area contributed by atoms with Crippen molar-refractivity contribution in [3.05, 3.63) is 23.5 Å². The van der Waals surface area contributed by atoms with Crippen LogP contribution >= 0.6 is 0 Å². The Morgan fingerprint density at radius 1 is 1.50 bits per heavy atom. The lowest BCUT2D eigenvalue weighted by molar-refractivity contribution is -0.125. The van der Waals surface area contributed by atoms with Crippen LogP contribution in [0.4, 0.5) is 0 Å². The third-order valence-corrected chi connectivity index (χ3v) is 4.56. The SMILES string of the molecule is Cc1ccc(CNC(=O)C2CC3CCC2N3)n1C. The zero-order valence-corrected chi connectivity index (χ0v) is 11.1. The predicted molar refractivity (Wildman–Crippen MR) is 70.0 cm³/mol. The van der Waals surface area contributed by atoms with E-state index in [1.807, 2.05) is 7.05 Å². The summed E-state index contributed by atoms with van der Waals surface area (Å²) < 4.78 is 2.12. The molecule has 0 aromatic carbocycles. The maximum atomic E-state index is 12.2. The highest BCUT2D eigenvalue weighted by molar-refractivity contribution is 5.80. The van der Waals surface area contributed by atoms with E-state index in [0.29, 0.717) is 18.6 Å². The third-order valence-electron chi connectivity index (χ3n) is 4.56. The number of nitrogens with zero attached hydrogens (tertiary/aromatic N) is 1. The molecule has 0 spiro atoms. The van der Waals surface area contributed by atoms with Gasteiger partial charge in [-0.25, -0.2) is 0 Å². The number of hydrogen-bond acceptors (Lipinski definition) is 2. The summed E-state index contributed by atoms with van der Waals surface area (Å²) in [5.74, 6) is 0.402. The van der Waals surface area contributed by atoms with Gasteiger partial charge in [0.2, 0.25) is 5.91 Å². The number of rotatable bonds is 3. The number of amides is 1. The highest BCUT2D eigenvalue weighted by Crippen LogP contribution is 2.33. The molecule has 3 rings (SSSR count). The first-order chi connectivity index (χ1) is 8.65. The van der Waals surface area contributed by atoms with Crippen molar-refractivity contribution in [1.29, 1.82) is 0 Å². The molecule has 2 bridgehead atoms. The zero-order valence-electron chi connectivity index (χ0n) is 11.1. The average molecular weight is 247 g/mol. The van der Waals surface area contributed by atoms with E-state index in [4.69, 9.17) is 0 Å². The molecule has 1 amide bonds. The summed E-state index contributed by atoms with van der Waals surface area (Å²) in [4.78, 5) is 12.2. The number of aryl methyl sites for hydroxylation is 1. The van der Waals surface area contributed by atoms with Crippen LogP contribution in [0.5, 0.6) is 0 Å². The van der Waals surface area contributed by atoms with Crippen LogP contribution in [0, 0.1) is 12.8 Å². The largest absolute Gasteiger partial charge is 0.350 e. The fourth-order valence-corrected chi connectivity index (χ4v) is 3.27. The Hall–Kier alpha value is -1.29. The molecule has 3 heterocycles. The van der Waals surface area contributed by atoms with Crippen LogP contribution in [0.1, 0.15) is 30.7 Å². The first-order valence-corrected chi connectivity index (χ1v) is 6.80. The molecule has 4 heteroatoms. The molecule has 2 aliphatic rings. The minimum Gasteiger partial charge on any atom is -0.350 e. The van der Waals surface area contributed by atoms with Gasteiger partial charge in [-0.2, -0.15) is 0 Å². The van der Waals surface area contributed by atoms with E-state index in [-0.39, 0.29) is 11.8 Å². The standard InChI is InChI=1S/C14H21N3O/c1-9-3-5-11(17(9)2)8-15-14(18)12-7-10-4-6-13(12)16-10/h3,5,10,12-13,16H,4,6-8H2,1-2H3,(H,15,18). The molecule has 4 nitrogen and oxygen atoms in total. The molecule has 0 radical (unpaired) electrons. The van der Waals surface area contributed by atoms with Gasteiger partial charge in [0, 0.05) is 30.5 Å². The lowest BCUT2D eigenvalue weighted by Gasteiger charge is -2.19. The van der Waals surface area contributed by atoms with Gasteiger partial charge in [0.1, 0.15) is 0 Å². The number of fused-ring (bicyclic) bond motifs is 2. The number of nitrogens with one attached hydrogen (secondary N) is 2. The number of aromatic nitrogens is 1. The second kappa shape index (κ2) is 4.43. The van der Waals surface area contributed by atoms with E-state index >= 15 is 0 Å².